The minimum Gasteiger partial charge on any atom is -0.305 e. The fraction of sp³-hybridized carbons (Fsp3) is 0.400. The second-order valence-corrected chi connectivity index (χ2v) is 5.70. The number of nitrogens with one attached hydrogen (secondary N) is 1. The van der Waals surface area contributed by atoms with Crippen molar-refractivity contribution in [3.63, 3.8) is 0 Å². The van der Waals surface area contributed by atoms with Gasteiger partial charge in [0.2, 0.25) is 0 Å². The molecule has 1 aromatic carbocycles. The summed E-state index contributed by atoms with van der Waals surface area (Å²) < 4.78 is 13.0. The molecule has 4 heteroatoms. The minimum atomic E-state index is -0.207. The summed E-state index contributed by atoms with van der Waals surface area (Å²) in [6.45, 7) is 7.18. The van der Waals surface area contributed by atoms with E-state index in [0.29, 0.717) is 5.92 Å². The molecule has 1 heterocycles. The van der Waals surface area contributed by atoms with Crippen LogP contribution in [0.15, 0.2) is 29.6 Å². The molecule has 1 aromatic heterocycles. The van der Waals surface area contributed by atoms with E-state index in [9.17, 15) is 4.39 Å². The molecule has 1 N–H and O–H groups in total. The Morgan fingerprint density at radius 3 is 2.47 bits per heavy atom. The van der Waals surface area contributed by atoms with Gasteiger partial charge in [0.05, 0.1) is 11.7 Å². The van der Waals surface area contributed by atoms with E-state index in [-0.39, 0.29) is 11.9 Å². The standard InChI is InChI=1S/C15H19FN2S/c1-4-17-14(11-5-7-12(16)8-6-11)15-18-13(9-19-15)10(2)3/h5-10,14,17H,4H2,1-3H3. The highest BCUT2D eigenvalue weighted by atomic mass is 32.1. The van der Waals surface area contributed by atoms with Crippen molar-refractivity contribution in [2.45, 2.75) is 32.7 Å². The molecule has 1 atom stereocenters. The average Bonchev–Trinajstić information content (AvgIpc) is 2.87. The summed E-state index contributed by atoms with van der Waals surface area (Å²) in [5, 5.41) is 6.56. The van der Waals surface area contributed by atoms with E-state index in [0.717, 1.165) is 22.8 Å². The van der Waals surface area contributed by atoms with Gasteiger partial charge in [-0.25, -0.2) is 9.37 Å². The molecule has 2 rings (SSSR count). The zero-order valence-corrected chi connectivity index (χ0v) is 12.3. The zero-order chi connectivity index (χ0) is 13.8. The van der Waals surface area contributed by atoms with Crippen LogP contribution < -0.4 is 5.32 Å². The van der Waals surface area contributed by atoms with Crippen molar-refractivity contribution >= 4 is 11.3 Å². The van der Waals surface area contributed by atoms with Crippen LogP contribution in [0.1, 0.15) is 49.0 Å². The van der Waals surface area contributed by atoms with Crippen molar-refractivity contribution in [1.29, 1.82) is 0 Å². The molecule has 2 nitrogen and oxygen atoms in total. The lowest BCUT2D eigenvalue weighted by molar-refractivity contribution is 0.610. The van der Waals surface area contributed by atoms with E-state index in [1.54, 1.807) is 11.3 Å². The van der Waals surface area contributed by atoms with Gasteiger partial charge in [0.25, 0.3) is 0 Å². The highest BCUT2D eigenvalue weighted by Gasteiger charge is 2.17. The zero-order valence-electron chi connectivity index (χ0n) is 11.5. The average molecular weight is 278 g/mol. The highest BCUT2D eigenvalue weighted by Crippen LogP contribution is 2.27. The molecule has 19 heavy (non-hydrogen) atoms. The molecule has 0 saturated heterocycles. The number of hydrogen-bond donors (Lipinski definition) is 1. The fourth-order valence-corrected chi connectivity index (χ4v) is 2.99. The van der Waals surface area contributed by atoms with E-state index in [1.165, 1.54) is 12.1 Å². The van der Waals surface area contributed by atoms with Gasteiger partial charge in [0.1, 0.15) is 10.8 Å². The molecule has 0 radical (unpaired) electrons. The first-order valence-electron chi connectivity index (χ1n) is 6.56. The number of nitrogens with zero attached hydrogens (tertiary/aromatic N) is 1. The summed E-state index contributed by atoms with van der Waals surface area (Å²) in [4.78, 5) is 4.69. The summed E-state index contributed by atoms with van der Waals surface area (Å²) >= 11 is 1.66. The maximum absolute atomic E-state index is 13.0. The Hall–Kier alpha value is -1.26. The number of thiazole rings is 1. The second-order valence-electron chi connectivity index (χ2n) is 4.81. The van der Waals surface area contributed by atoms with Crippen LogP contribution in [0.4, 0.5) is 4.39 Å². The maximum atomic E-state index is 13.0. The molecule has 0 bridgehead atoms. The third-order valence-corrected chi connectivity index (χ3v) is 3.92. The van der Waals surface area contributed by atoms with Crippen LogP contribution in [-0.2, 0) is 0 Å². The van der Waals surface area contributed by atoms with E-state index >= 15 is 0 Å². The number of rotatable bonds is 5. The maximum Gasteiger partial charge on any atom is 0.123 e. The Bertz CT molecular complexity index is 519. The van der Waals surface area contributed by atoms with Crippen molar-refractivity contribution < 1.29 is 4.39 Å². The quantitative estimate of drug-likeness (QED) is 0.890. The van der Waals surface area contributed by atoms with E-state index in [1.807, 2.05) is 12.1 Å². The lowest BCUT2D eigenvalue weighted by atomic mass is 10.1. The summed E-state index contributed by atoms with van der Waals surface area (Å²) in [6.07, 6.45) is 0. The first-order chi connectivity index (χ1) is 9.11. The third kappa shape index (κ3) is 3.39. The smallest absolute Gasteiger partial charge is 0.123 e. The van der Waals surface area contributed by atoms with Crippen molar-refractivity contribution in [3.8, 4) is 0 Å². The lowest BCUT2D eigenvalue weighted by Gasteiger charge is -2.15. The molecule has 1 unspecified atom stereocenters. The summed E-state index contributed by atoms with van der Waals surface area (Å²) in [7, 11) is 0. The molecule has 0 aliphatic heterocycles. The predicted molar refractivity (Wildman–Crippen MR) is 78.1 cm³/mol. The molecular weight excluding hydrogens is 259 g/mol. The number of aromatic nitrogens is 1. The molecule has 2 aromatic rings. The van der Waals surface area contributed by atoms with Gasteiger partial charge in [-0.2, -0.15) is 0 Å². The van der Waals surface area contributed by atoms with Gasteiger partial charge >= 0.3 is 0 Å². The Labute approximate surface area is 117 Å². The van der Waals surface area contributed by atoms with Crippen LogP contribution in [0, 0.1) is 5.82 Å². The summed E-state index contributed by atoms with van der Waals surface area (Å²) in [5.74, 6) is 0.224. The van der Waals surface area contributed by atoms with Gasteiger partial charge in [-0.3, -0.25) is 0 Å². The van der Waals surface area contributed by atoms with Crippen molar-refractivity contribution in [2.75, 3.05) is 6.54 Å². The van der Waals surface area contributed by atoms with Crippen LogP contribution in [-0.4, -0.2) is 11.5 Å². The number of benzene rings is 1. The van der Waals surface area contributed by atoms with Gasteiger partial charge in [-0.15, -0.1) is 11.3 Å². The molecule has 0 spiro atoms. The largest absolute Gasteiger partial charge is 0.305 e. The molecule has 0 aliphatic rings. The highest BCUT2D eigenvalue weighted by molar-refractivity contribution is 7.09. The number of hydrogen-bond acceptors (Lipinski definition) is 3. The summed E-state index contributed by atoms with van der Waals surface area (Å²) in [6, 6.07) is 6.67. The van der Waals surface area contributed by atoms with Crippen LogP contribution in [0.5, 0.6) is 0 Å². The SMILES string of the molecule is CCNC(c1ccc(F)cc1)c1nc(C(C)C)cs1. The van der Waals surface area contributed by atoms with Crippen LogP contribution in [0.2, 0.25) is 0 Å². The first-order valence-corrected chi connectivity index (χ1v) is 7.44. The monoisotopic (exact) mass is 278 g/mol. The van der Waals surface area contributed by atoms with Gasteiger partial charge in [0, 0.05) is 5.38 Å². The minimum absolute atomic E-state index is 0.0445. The molecule has 0 saturated carbocycles. The van der Waals surface area contributed by atoms with Crippen LogP contribution in [0.3, 0.4) is 0 Å². The van der Waals surface area contributed by atoms with Crippen molar-refractivity contribution in [1.82, 2.24) is 10.3 Å². The fourth-order valence-electron chi connectivity index (χ4n) is 1.91. The van der Waals surface area contributed by atoms with E-state index < -0.39 is 0 Å². The van der Waals surface area contributed by atoms with Gasteiger partial charge in [-0.05, 0) is 30.2 Å². The van der Waals surface area contributed by atoms with Gasteiger partial charge in [0.15, 0.2) is 0 Å². The topological polar surface area (TPSA) is 24.9 Å². The third-order valence-electron chi connectivity index (χ3n) is 2.99. The first kappa shape index (κ1) is 14.2. The van der Waals surface area contributed by atoms with E-state index in [2.05, 4.69) is 36.5 Å². The Balaban J connectivity index is 2.30. The predicted octanol–water partition coefficient (Wildman–Crippen LogP) is 4.10. The molecule has 0 aliphatic carbocycles. The van der Waals surface area contributed by atoms with Gasteiger partial charge in [-0.1, -0.05) is 32.9 Å². The number of halogens is 1. The molecular formula is C15H19FN2S. The summed E-state index contributed by atoms with van der Waals surface area (Å²) in [5.41, 5.74) is 2.16. The Morgan fingerprint density at radius 2 is 1.95 bits per heavy atom. The molecule has 102 valence electrons. The van der Waals surface area contributed by atoms with Crippen LogP contribution >= 0.6 is 11.3 Å². The molecule has 0 amide bonds. The normalized spacial score (nSPS) is 12.9. The van der Waals surface area contributed by atoms with Crippen LogP contribution in [0.25, 0.3) is 0 Å². The van der Waals surface area contributed by atoms with Crippen molar-refractivity contribution in [2.24, 2.45) is 0 Å². The van der Waals surface area contributed by atoms with E-state index in [4.69, 9.17) is 0 Å². The lowest BCUT2D eigenvalue weighted by Crippen LogP contribution is -2.21. The molecule has 0 fully saturated rings. The van der Waals surface area contributed by atoms with Crippen molar-refractivity contribution in [3.05, 3.63) is 51.7 Å². The second kappa shape index (κ2) is 6.26. The Kier molecular flexibility index (Phi) is 4.66. The Morgan fingerprint density at radius 1 is 1.26 bits per heavy atom. The van der Waals surface area contributed by atoms with Gasteiger partial charge < -0.3 is 5.32 Å².